The number of piperazine rings is 1. The van der Waals surface area contributed by atoms with Gasteiger partial charge in [-0.3, -0.25) is 9.80 Å². The fourth-order valence-corrected chi connectivity index (χ4v) is 2.85. The van der Waals surface area contributed by atoms with Gasteiger partial charge in [0.05, 0.1) is 0 Å². The lowest BCUT2D eigenvalue weighted by Crippen LogP contribution is -2.51. The van der Waals surface area contributed by atoms with E-state index in [0.29, 0.717) is 11.0 Å². The Morgan fingerprint density at radius 2 is 2.00 bits per heavy atom. The van der Waals surface area contributed by atoms with Crippen molar-refractivity contribution in [1.82, 2.24) is 9.80 Å². The average Bonchev–Trinajstić information content (AvgIpc) is 2.39. The Morgan fingerprint density at radius 1 is 1.32 bits per heavy atom. The van der Waals surface area contributed by atoms with Crippen molar-refractivity contribution in [1.29, 1.82) is 0 Å². The van der Waals surface area contributed by atoms with Crippen molar-refractivity contribution in [3.05, 3.63) is 35.4 Å². The summed E-state index contributed by atoms with van der Waals surface area (Å²) in [6, 6.07) is 8.94. The summed E-state index contributed by atoms with van der Waals surface area (Å²) in [5.74, 6) is 0. The molecule has 0 spiro atoms. The molecule has 1 saturated heterocycles. The Bertz CT molecular complexity index is 430. The summed E-state index contributed by atoms with van der Waals surface area (Å²) in [7, 11) is 0. The molecule has 19 heavy (non-hydrogen) atoms. The lowest BCUT2D eigenvalue weighted by atomic mass is 10.1. The molecule has 1 heterocycles. The van der Waals surface area contributed by atoms with E-state index in [1.165, 1.54) is 12.1 Å². The minimum atomic E-state index is 0.469. The summed E-state index contributed by atoms with van der Waals surface area (Å²) in [5, 5.41) is 0. The van der Waals surface area contributed by atoms with E-state index in [9.17, 15) is 0 Å². The number of hydrogen-bond acceptors (Lipinski definition) is 3. The van der Waals surface area contributed by atoms with Gasteiger partial charge in [-0.2, -0.15) is 0 Å². The maximum absolute atomic E-state index is 5.61. The highest BCUT2D eigenvalue weighted by Crippen LogP contribution is 2.13. The van der Waals surface area contributed by atoms with Crippen molar-refractivity contribution < 1.29 is 0 Å². The number of benzene rings is 1. The Morgan fingerprint density at radius 3 is 2.53 bits per heavy atom. The summed E-state index contributed by atoms with van der Waals surface area (Å²) in [6.07, 6.45) is 0. The molecule has 1 unspecified atom stereocenters. The largest absolute Gasteiger partial charge is 0.389 e. The molecule has 4 heteroatoms. The third-order valence-electron chi connectivity index (χ3n) is 3.90. The van der Waals surface area contributed by atoms with Crippen molar-refractivity contribution in [2.75, 3.05) is 26.2 Å². The number of thiocarbonyl (C=S) groups is 1. The van der Waals surface area contributed by atoms with Crippen LogP contribution in [0.4, 0.5) is 0 Å². The molecule has 1 fully saturated rings. The van der Waals surface area contributed by atoms with Crippen LogP contribution in [-0.2, 0) is 6.54 Å². The second-order valence-electron chi connectivity index (χ2n) is 5.27. The van der Waals surface area contributed by atoms with Gasteiger partial charge in [-0.15, -0.1) is 0 Å². The van der Waals surface area contributed by atoms with Crippen LogP contribution >= 0.6 is 12.2 Å². The molecule has 1 aliphatic rings. The van der Waals surface area contributed by atoms with Crippen LogP contribution in [0.2, 0.25) is 0 Å². The molecule has 2 N–H and O–H groups in total. The first-order valence-corrected chi connectivity index (χ1v) is 7.36. The lowest BCUT2D eigenvalue weighted by molar-refractivity contribution is 0.0834. The summed E-state index contributed by atoms with van der Waals surface area (Å²) in [4.78, 5) is 5.52. The Kier molecular flexibility index (Phi) is 4.91. The Balaban J connectivity index is 1.93. The van der Waals surface area contributed by atoms with Crippen LogP contribution in [0.5, 0.6) is 0 Å². The van der Waals surface area contributed by atoms with Crippen LogP contribution in [0.1, 0.15) is 25.0 Å². The number of rotatable bonds is 4. The van der Waals surface area contributed by atoms with E-state index < -0.39 is 0 Å². The van der Waals surface area contributed by atoms with E-state index in [0.717, 1.165) is 31.7 Å². The molecule has 1 aromatic rings. The highest BCUT2D eigenvalue weighted by Gasteiger charge is 2.21. The first kappa shape index (κ1) is 14.4. The fourth-order valence-electron chi connectivity index (χ4n) is 2.72. The minimum absolute atomic E-state index is 0.469. The molecule has 0 amide bonds. The number of hydrogen-bond donors (Lipinski definition) is 1. The van der Waals surface area contributed by atoms with Crippen molar-refractivity contribution in [3.63, 3.8) is 0 Å². The fraction of sp³-hybridized carbons (Fsp3) is 0.533. The smallest absolute Gasteiger partial charge is 0.103 e. The van der Waals surface area contributed by atoms with Crippen LogP contribution in [0, 0.1) is 0 Å². The third kappa shape index (κ3) is 3.75. The van der Waals surface area contributed by atoms with Gasteiger partial charge in [-0.25, -0.2) is 0 Å². The van der Waals surface area contributed by atoms with Gasteiger partial charge in [0.25, 0.3) is 0 Å². The zero-order valence-corrected chi connectivity index (χ0v) is 12.6. The molecule has 0 bridgehead atoms. The van der Waals surface area contributed by atoms with Crippen LogP contribution < -0.4 is 5.73 Å². The van der Waals surface area contributed by atoms with E-state index in [1.807, 2.05) is 12.1 Å². The molecular weight excluding hydrogens is 254 g/mol. The monoisotopic (exact) mass is 277 g/mol. The molecule has 3 nitrogen and oxygen atoms in total. The summed E-state index contributed by atoms with van der Waals surface area (Å²) < 4.78 is 0. The molecule has 1 atom stereocenters. The van der Waals surface area contributed by atoms with Gasteiger partial charge in [0, 0.05) is 37.8 Å². The minimum Gasteiger partial charge on any atom is -0.389 e. The molecule has 1 aliphatic heterocycles. The summed E-state index contributed by atoms with van der Waals surface area (Å²) in [5.41, 5.74) is 7.89. The molecule has 0 saturated carbocycles. The topological polar surface area (TPSA) is 32.5 Å². The van der Waals surface area contributed by atoms with Crippen molar-refractivity contribution in [2.45, 2.75) is 26.4 Å². The van der Waals surface area contributed by atoms with E-state index >= 15 is 0 Å². The number of nitrogens with zero attached hydrogens (tertiary/aromatic N) is 2. The third-order valence-corrected chi connectivity index (χ3v) is 4.14. The lowest BCUT2D eigenvalue weighted by Gasteiger charge is -2.39. The Labute approximate surface area is 121 Å². The van der Waals surface area contributed by atoms with Crippen molar-refractivity contribution in [2.24, 2.45) is 5.73 Å². The molecule has 104 valence electrons. The quantitative estimate of drug-likeness (QED) is 0.851. The van der Waals surface area contributed by atoms with Gasteiger partial charge in [0.1, 0.15) is 4.99 Å². The van der Waals surface area contributed by atoms with E-state index in [2.05, 4.69) is 35.8 Å². The zero-order chi connectivity index (χ0) is 13.8. The van der Waals surface area contributed by atoms with Gasteiger partial charge >= 0.3 is 0 Å². The second-order valence-corrected chi connectivity index (χ2v) is 5.71. The normalized spacial score (nSPS) is 21.5. The predicted octanol–water partition coefficient (Wildman–Crippen LogP) is 1.85. The molecule has 0 aliphatic carbocycles. The van der Waals surface area contributed by atoms with Gasteiger partial charge in [-0.05, 0) is 19.0 Å². The highest BCUT2D eigenvalue weighted by molar-refractivity contribution is 7.80. The SMILES string of the molecule is CCN1CCN(Cc2ccc(C(N)=S)cc2)CC1C. The van der Waals surface area contributed by atoms with Crippen molar-refractivity contribution >= 4 is 17.2 Å². The Hall–Kier alpha value is -0.970. The van der Waals surface area contributed by atoms with Gasteiger partial charge in [-0.1, -0.05) is 43.4 Å². The van der Waals surface area contributed by atoms with Crippen molar-refractivity contribution in [3.8, 4) is 0 Å². The highest BCUT2D eigenvalue weighted by atomic mass is 32.1. The van der Waals surface area contributed by atoms with E-state index in [1.54, 1.807) is 0 Å². The molecular formula is C15H23N3S. The van der Waals surface area contributed by atoms with Crippen LogP contribution in [0.3, 0.4) is 0 Å². The zero-order valence-electron chi connectivity index (χ0n) is 11.8. The maximum Gasteiger partial charge on any atom is 0.103 e. The maximum atomic E-state index is 5.61. The molecule has 2 rings (SSSR count). The molecule has 0 aromatic heterocycles. The van der Waals surface area contributed by atoms with Crippen LogP contribution in [0.15, 0.2) is 24.3 Å². The second kappa shape index (κ2) is 6.46. The van der Waals surface area contributed by atoms with E-state index in [4.69, 9.17) is 18.0 Å². The molecule has 0 radical (unpaired) electrons. The standard InChI is InChI=1S/C15H23N3S/c1-3-18-9-8-17(10-12(18)2)11-13-4-6-14(7-5-13)15(16)19/h4-7,12H,3,8-11H2,1-2H3,(H2,16,19). The van der Waals surface area contributed by atoms with Crippen LogP contribution in [-0.4, -0.2) is 47.0 Å². The average molecular weight is 277 g/mol. The van der Waals surface area contributed by atoms with Crippen LogP contribution in [0.25, 0.3) is 0 Å². The predicted molar refractivity (Wildman–Crippen MR) is 84.3 cm³/mol. The van der Waals surface area contributed by atoms with Gasteiger partial charge in [0.15, 0.2) is 0 Å². The first-order valence-electron chi connectivity index (χ1n) is 6.95. The summed E-state index contributed by atoms with van der Waals surface area (Å²) >= 11 is 4.97. The van der Waals surface area contributed by atoms with Gasteiger partial charge in [0.2, 0.25) is 0 Å². The van der Waals surface area contributed by atoms with E-state index in [-0.39, 0.29) is 0 Å². The number of likely N-dealkylation sites (N-methyl/N-ethyl adjacent to an activating group) is 1. The number of nitrogens with two attached hydrogens (primary N) is 1. The van der Waals surface area contributed by atoms with Gasteiger partial charge < -0.3 is 5.73 Å². The molecule has 1 aromatic carbocycles. The first-order chi connectivity index (χ1) is 9.10. The summed E-state index contributed by atoms with van der Waals surface area (Å²) in [6.45, 7) is 10.2.